The molecule has 108 valence electrons. The zero-order chi connectivity index (χ0) is 14.9. The number of carboxylic acids is 1. The molecule has 0 saturated heterocycles. The van der Waals surface area contributed by atoms with Crippen LogP contribution in [0.4, 0.5) is 8.78 Å². The van der Waals surface area contributed by atoms with Gasteiger partial charge in [0, 0.05) is 0 Å². The summed E-state index contributed by atoms with van der Waals surface area (Å²) in [5.41, 5.74) is 0.434. The third-order valence-electron chi connectivity index (χ3n) is 3.73. The fourth-order valence-electron chi connectivity index (χ4n) is 2.29. The summed E-state index contributed by atoms with van der Waals surface area (Å²) in [5, 5.41) is 11.5. The van der Waals surface area contributed by atoms with Crippen molar-refractivity contribution in [1.82, 2.24) is 5.32 Å². The maximum atomic E-state index is 13.1. The minimum atomic E-state index is -0.976. The van der Waals surface area contributed by atoms with Crippen molar-refractivity contribution in [2.45, 2.75) is 25.8 Å². The van der Waals surface area contributed by atoms with Crippen LogP contribution in [0.2, 0.25) is 0 Å². The monoisotopic (exact) mass is 283 g/mol. The Morgan fingerprint density at radius 3 is 2.40 bits per heavy atom. The highest BCUT2D eigenvalue weighted by Crippen LogP contribution is 2.35. The highest BCUT2D eigenvalue weighted by Gasteiger charge is 2.41. The molecular formula is C14H15F2NO3. The molecule has 0 spiro atoms. The van der Waals surface area contributed by atoms with Crippen molar-refractivity contribution in [3.05, 3.63) is 35.4 Å². The van der Waals surface area contributed by atoms with Crippen molar-refractivity contribution >= 4 is 11.9 Å². The van der Waals surface area contributed by atoms with Gasteiger partial charge in [0.25, 0.3) is 0 Å². The highest BCUT2D eigenvalue weighted by molar-refractivity contribution is 5.86. The maximum Gasteiger partial charge on any atom is 0.307 e. The Bertz CT molecular complexity index is 547. The fraction of sp³-hybridized carbons (Fsp3) is 0.429. The van der Waals surface area contributed by atoms with Gasteiger partial charge in [0.2, 0.25) is 5.91 Å². The van der Waals surface area contributed by atoms with Crippen LogP contribution in [0, 0.1) is 23.5 Å². The fourth-order valence-corrected chi connectivity index (χ4v) is 2.29. The van der Waals surface area contributed by atoms with Crippen molar-refractivity contribution in [2.75, 3.05) is 0 Å². The first kappa shape index (κ1) is 14.4. The van der Waals surface area contributed by atoms with Crippen LogP contribution in [-0.2, 0) is 9.59 Å². The van der Waals surface area contributed by atoms with Crippen LogP contribution in [0.25, 0.3) is 0 Å². The smallest absolute Gasteiger partial charge is 0.307 e. The number of rotatable bonds is 4. The first-order chi connectivity index (χ1) is 9.40. The highest BCUT2D eigenvalue weighted by atomic mass is 19.2. The van der Waals surface area contributed by atoms with Crippen molar-refractivity contribution in [1.29, 1.82) is 0 Å². The lowest BCUT2D eigenvalue weighted by Crippen LogP contribution is -2.44. The summed E-state index contributed by atoms with van der Waals surface area (Å²) in [6.45, 7) is 1.64. The maximum absolute atomic E-state index is 13.1. The molecule has 2 rings (SSSR count). The minimum absolute atomic E-state index is 0.360. The van der Waals surface area contributed by atoms with Crippen LogP contribution < -0.4 is 5.32 Å². The Morgan fingerprint density at radius 2 is 1.90 bits per heavy atom. The quantitative estimate of drug-likeness (QED) is 0.890. The van der Waals surface area contributed by atoms with Gasteiger partial charge >= 0.3 is 5.97 Å². The largest absolute Gasteiger partial charge is 0.481 e. The van der Waals surface area contributed by atoms with E-state index in [-0.39, 0.29) is 5.91 Å². The molecule has 1 fully saturated rings. The van der Waals surface area contributed by atoms with Gasteiger partial charge in [-0.05, 0) is 37.5 Å². The summed E-state index contributed by atoms with van der Waals surface area (Å²) in [6.07, 6.45) is 1.03. The third-order valence-corrected chi connectivity index (χ3v) is 3.73. The molecule has 0 bridgehead atoms. The van der Waals surface area contributed by atoms with Gasteiger partial charge in [-0.2, -0.15) is 0 Å². The first-order valence-electron chi connectivity index (χ1n) is 6.38. The predicted molar refractivity (Wildman–Crippen MR) is 66.8 cm³/mol. The van der Waals surface area contributed by atoms with Crippen LogP contribution in [-0.4, -0.2) is 17.0 Å². The van der Waals surface area contributed by atoms with Gasteiger partial charge in [0.15, 0.2) is 11.6 Å². The number of benzene rings is 1. The molecule has 4 nitrogen and oxygen atoms in total. The second kappa shape index (κ2) is 5.56. The van der Waals surface area contributed by atoms with Crippen molar-refractivity contribution in [3.8, 4) is 0 Å². The zero-order valence-corrected chi connectivity index (χ0v) is 10.9. The van der Waals surface area contributed by atoms with Gasteiger partial charge in [-0.25, -0.2) is 8.78 Å². The Kier molecular flexibility index (Phi) is 4.01. The Labute approximate surface area is 114 Å². The number of nitrogens with one attached hydrogen (secondary N) is 1. The van der Waals surface area contributed by atoms with Crippen LogP contribution in [0.1, 0.15) is 31.4 Å². The molecule has 1 aliphatic rings. The van der Waals surface area contributed by atoms with Crippen molar-refractivity contribution in [2.24, 2.45) is 11.8 Å². The molecule has 20 heavy (non-hydrogen) atoms. The van der Waals surface area contributed by atoms with E-state index in [1.807, 2.05) is 0 Å². The molecule has 0 aliphatic heterocycles. The molecule has 6 heteroatoms. The molecule has 2 N–H and O–H groups in total. The number of amides is 1. The lowest BCUT2D eigenvalue weighted by molar-refractivity contribution is -0.152. The lowest BCUT2D eigenvalue weighted by Gasteiger charge is -2.33. The topological polar surface area (TPSA) is 66.4 Å². The Balaban J connectivity index is 2.00. The van der Waals surface area contributed by atoms with Gasteiger partial charge in [-0.3, -0.25) is 9.59 Å². The summed E-state index contributed by atoms with van der Waals surface area (Å²) < 4.78 is 25.9. The normalized spacial score (nSPS) is 22.8. The molecule has 1 aromatic carbocycles. The van der Waals surface area contributed by atoms with Crippen LogP contribution in [0.15, 0.2) is 18.2 Å². The van der Waals surface area contributed by atoms with Gasteiger partial charge in [-0.1, -0.05) is 6.07 Å². The zero-order valence-electron chi connectivity index (χ0n) is 10.9. The summed E-state index contributed by atoms with van der Waals surface area (Å²) in [7, 11) is 0. The molecule has 3 unspecified atom stereocenters. The lowest BCUT2D eigenvalue weighted by atomic mass is 9.73. The number of carbonyl (C=O) groups excluding carboxylic acids is 1. The standard InChI is InChI=1S/C14H15F2NO3/c1-7(8-2-5-11(15)12(16)6-8)17-13(18)9-3-4-10(9)14(19)20/h2,5-7,9-10H,3-4H2,1H3,(H,17,18)(H,19,20). The van der Waals surface area contributed by atoms with Crippen LogP contribution in [0.5, 0.6) is 0 Å². The van der Waals surface area contributed by atoms with E-state index in [9.17, 15) is 18.4 Å². The third kappa shape index (κ3) is 2.79. The van der Waals surface area contributed by atoms with Crippen molar-refractivity contribution < 1.29 is 23.5 Å². The van der Waals surface area contributed by atoms with Gasteiger partial charge in [0.1, 0.15) is 0 Å². The summed E-state index contributed by atoms with van der Waals surface area (Å²) >= 11 is 0. The number of hydrogen-bond donors (Lipinski definition) is 2. The molecule has 1 saturated carbocycles. The van der Waals surface area contributed by atoms with Gasteiger partial charge < -0.3 is 10.4 Å². The van der Waals surface area contributed by atoms with E-state index in [0.717, 1.165) is 12.1 Å². The van der Waals surface area contributed by atoms with E-state index in [0.29, 0.717) is 18.4 Å². The second-order valence-electron chi connectivity index (χ2n) is 5.03. The van der Waals surface area contributed by atoms with E-state index < -0.39 is 35.5 Å². The number of carboxylic acid groups (broad SMARTS) is 1. The molecule has 0 aromatic heterocycles. The SMILES string of the molecule is CC(NC(=O)C1CCC1C(=O)O)c1ccc(F)c(F)c1. The molecule has 0 radical (unpaired) electrons. The number of hydrogen-bond acceptors (Lipinski definition) is 2. The molecule has 1 amide bonds. The van der Waals surface area contributed by atoms with Gasteiger partial charge in [-0.15, -0.1) is 0 Å². The summed E-state index contributed by atoms with van der Waals surface area (Å²) in [4.78, 5) is 22.8. The van der Waals surface area contributed by atoms with Crippen molar-refractivity contribution in [3.63, 3.8) is 0 Å². The van der Waals surface area contributed by atoms with E-state index in [1.165, 1.54) is 6.07 Å². The Morgan fingerprint density at radius 1 is 1.25 bits per heavy atom. The molecule has 1 aliphatic carbocycles. The average molecular weight is 283 g/mol. The molecule has 1 aromatic rings. The number of halogens is 2. The van der Waals surface area contributed by atoms with E-state index >= 15 is 0 Å². The van der Waals surface area contributed by atoms with Crippen LogP contribution >= 0.6 is 0 Å². The predicted octanol–water partition coefficient (Wildman–Crippen LogP) is 2.25. The average Bonchev–Trinajstić information content (AvgIpc) is 2.30. The summed E-state index contributed by atoms with van der Waals surface area (Å²) in [6, 6.07) is 2.90. The van der Waals surface area contributed by atoms with Gasteiger partial charge in [0.05, 0.1) is 17.9 Å². The molecular weight excluding hydrogens is 268 g/mol. The first-order valence-corrected chi connectivity index (χ1v) is 6.38. The van der Waals surface area contributed by atoms with E-state index in [2.05, 4.69) is 5.32 Å². The second-order valence-corrected chi connectivity index (χ2v) is 5.03. The number of carbonyl (C=O) groups is 2. The summed E-state index contributed by atoms with van der Waals surface area (Å²) in [5.74, 6) is -4.45. The Hall–Kier alpha value is -1.98. The molecule has 3 atom stereocenters. The minimum Gasteiger partial charge on any atom is -0.481 e. The number of aliphatic carboxylic acids is 1. The van der Waals surface area contributed by atoms with E-state index in [4.69, 9.17) is 5.11 Å². The van der Waals surface area contributed by atoms with E-state index in [1.54, 1.807) is 6.92 Å². The molecule has 0 heterocycles. The van der Waals surface area contributed by atoms with Crippen LogP contribution in [0.3, 0.4) is 0 Å².